The highest BCUT2D eigenvalue weighted by Crippen LogP contribution is 2.37. The molecule has 1 unspecified atom stereocenters. The summed E-state index contributed by atoms with van der Waals surface area (Å²) in [4.78, 5) is 30.5. The fourth-order valence-electron chi connectivity index (χ4n) is 4.53. The lowest BCUT2D eigenvalue weighted by Crippen LogP contribution is -2.55. The van der Waals surface area contributed by atoms with E-state index in [0.29, 0.717) is 25.5 Å². The van der Waals surface area contributed by atoms with Crippen LogP contribution in [0.2, 0.25) is 0 Å². The van der Waals surface area contributed by atoms with Crippen LogP contribution in [-0.4, -0.2) is 70.5 Å². The molecule has 36 heavy (non-hydrogen) atoms. The average molecular weight is 504 g/mol. The molecule has 3 N–H and O–H groups in total. The molecule has 0 bridgehead atoms. The topological polar surface area (TPSA) is 124 Å². The van der Waals surface area contributed by atoms with Crippen LogP contribution >= 0.6 is 0 Å². The molecule has 0 radical (unpaired) electrons. The molecule has 13 heteroatoms. The van der Waals surface area contributed by atoms with Gasteiger partial charge in [0.1, 0.15) is 29.0 Å². The summed E-state index contributed by atoms with van der Waals surface area (Å²) in [7, 11) is 3.25. The molecule has 11 nitrogen and oxygen atoms in total. The number of carbonyl (C=O) groups excluding carboxylic acids is 1. The van der Waals surface area contributed by atoms with Crippen LogP contribution in [0.3, 0.4) is 0 Å². The predicted molar refractivity (Wildman–Crippen MR) is 127 cm³/mol. The van der Waals surface area contributed by atoms with Crippen LogP contribution in [0.25, 0.3) is 5.65 Å². The molecule has 1 aliphatic carbocycles. The normalized spacial score (nSPS) is 23.2. The molecule has 0 spiro atoms. The van der Waals surface area contributed by atoms with Crippen LogP contribution in [0.4, 0.5) is 26.1 Å². The number of nitrogens with zero attached hydrogens (tertiary/aromatic N) is 4. The zero-order valence-electron chi connectivity index (χ0n) is 19.8. The van der Waals surface area contributed by atoms with Gasteiger partial charge in [-0.15, -0.1) is 0 Å². The lowest BCUT2D eigenvalue weighted by molar-refractivity contribution is -0.102. The molecule has 0 aromatic carbocycles. The number of alkyl halides is 2. The summed E-state index contributed by atoms with van der Waals surface area (Å²) in [5.74, 6) is -2.85. The zero-order chi connectivity index (χ0) is 25.4. The quantitative estimate of drug-likeness (QED) is 0.448. The SMILES string of the molecule is CNc1cc(Nc2cccn([C@@H]3CCOC[C@@H]3OC)c2=O)nc2c(C(=O)NC3CCC3(F)F)cnn12. The number of methoxy groups -OCH3 is 1. The van der Waals surface area contributed by atoms with Gasteiger partial charge in [-0.2, -0.15) is 9.61 Å². The Kier molecular flexibility index (Phi) is 6.35. The van der Waals surface area contributed by atoms with Crippen molar-refractivity contribution in [3.8, 4) is 0 Å². The Balaban J connectivity index is 1.46. The number of fused-ring (bicyclic) bond motifs is 1. The van der Waals surface area contributed by atoms with Crippen LogP contribution in [-0.2, 0) is 9.47 Å². The number of hydrogen-bond donors (Lipinski definition) is 3. The van der Waals surface area contributed by atoms with Crippen molar-refractivity contribution >= 4 is 28.9 Å². The van der Waals surface area contributed by atoms with Gasteiger partial charge in [0, 0.05) is 39.4 Å². The molecule has 1 saturated carbocycles. The third-order valence-corrected chi connectivity index (χ3v) is 6.72. The van der Waals surface area contributed by atoms with Crippen molar-refractivity contribution < 1.29 is 23.0 Å². The third-order valence-electron chi connectivity index (χ3n) is 6.72. The first-order valence-corrected chi connectivity index (χ1v) is 11.7. The van der Waals surface area contributed by atoms with Crippen molar-refractivity contribution in [3.05, 3.63) is 46.5 Å². The van der Waals surface area contributed by atoms with Gasteiger partial charge in [-0.25, -0.2) is 13.8 Å². The van der Waals surface area contributed by atoms with Gasteiger partial charge in [-0.1, -0.05) is 0 Å². The fraction of sp³-hybridized carbons (Fsp3) is 0.478. The average Bonchev–Trinajstić information content (AvgIpc) is 3.31. The van der Waals surface area contributed by atoms with E-state index >= 15 is 0 Å². The molecule has 3 atom stereocenters. The Morgan fingerprint density at radius 3 is 2.86 bits per heavy atom. The zero-order valence-corrected chi connectivity index (χ0v) is 19.8. The summed E-state index contributed by atoms with van der Waals surface area (Å²) < 4.78 is 41.3. The Hall–Kier alpha value is -3.58. The van der Waals surface area contributed by atoms with E-state index in [0.717, 1.165) is 0 Å². The molecule has 3 aromatic rings. The van der Waals surface area contributed by atoms with E-state index in [4.69, 9.17) is 9.47 Å². The fourth-order valence-corrected chi connectivity index (χ4v) is 4.53. The predicted octanol–water partition coefficient (Wildman–Crippen LogP) is 2.18. The number of rotatable bonds is 7. The Labute approximate surface area is 204 Å². The highest BCUT2D eigenvalue weighted by Gasteiger charge is 2.49. The first kappa shape index (κ1) is 24.1. The maximum Gasteiger partial charge on any atom is 0.274 e. The van der Waals surface area contributed by atoms with Crippen molar-refractivity contribution in [2.24, 2.45) is 0 Å². The van der Waals surface area contributed by atoms with Crippen LogP contribution in [0, 0.1) is 0 Å². The standard InChI is InChI=1S/C23H27F2N7O4/c1-26-19-10-18(28-14-4-3-8-31(22(14)34)15-6-9-36-12-16(15)35-2)30-20-13(11-27-32(19)20)21(33)29-17-5-7-23(17,24)25/h3-4,8,10-11,15-17,26H,5-7,9,12H2,1-2H3,(H,28,30)(H,29,33)/t15-,16+,17?/m1/s1. The first-order valence-electron chi connectivity index (χ1n) is 11.7. The molecular weight excluding hydrogens is 476 g/mol. The van der Waals surface area contributed by atoms with E-state index in [9.17, 15) is 18.4 Å². The lowest BCUT2D eigenvalue weighted by Gasteiger charge is -2.36. The Morgan fingerprint density at radius 2 is 2.17 bits per heavy atom. The second kappa shape index (κ2) is 9.47. The van der Waals surface area contributed by atoms with E-state index in [1.807, 2.05) is 0 Å². The van der Waals surface area contributed by atoms with E-state index < -0.39 is 17.9 Å². The Morgan fingerprint density at radius 1 is 1.33 bits per heavy atom. The minimum Gasteiger partial charge on any atom is -0.379 e. The number of nitrogens with one attached hydrogen (secondary N) is 3. The molecule has 3 aromatic heterocycles. The maximum atomic E-state index is 13.7. The molecule has 1 amide bonds. The van der Waals surface area contributed by atoms with Crippen LogP contribution in [0.5, 0.6) is 0 Å². The van der Waals surface area contributed by atoms with Gasteiger partial charge in [-0.3, -0.25) is 9.59 Å². The van der Waals surface area contributed by atoms with Crippen molar-refractivity contribution in [1.82, 2.24) is 24.5 Å². The van der Waals surface area contributed by atoms with Crippen molar-refractivity contribution in [3.63, 3.8) is 0 Å². The summed E-state index contributed by atoms with van der Waals surface area (Å²) >= 11 is 0. The lowest BCUT2D eigenvalue weighted by atomic mass is 9.88. The van der Waals surface area contributed by atoms with Crippen molar-refractivity contribution in [2.75, 3.05) is 38.0 Å². The summed E-state index contributed by atoms with van der Waals surface area (Å²) in [6.45, 7) is 0.922. The number of aromatic nitrogens is 4. The molecule has 5 rings (SSSR count). The van der Waals surface area contributed by atoms with Crippen LogP contribution in [0.15, 0.2) is 35.4 Å². The summed E-state index contributed by atoms with van der Waals surface area (Å²) in [5, 5.41) is 12.6. The number of carbonyl (C=O) groups is 1. The number of hydrogen-bond acceptors (Lipinski definition) is 8. The highest BCUT2D eigenvalue weighted by atomic mass is 19.3. The second-order valence-electron chi connectivity index (χ2n) is 8.86. The molecule has 192 valence electrons. The van der Waals surface area contributed by atoms with Gasteiger partial charge < -0.3 is 30.0 Å². The highest BCUT2D eigenvalue weighted by molar-refractivity contribution is 6.00. The number of ether oxygens (including phenoxy) is 2. The summed E-state index contributed by atoms with van der Waals surface area (Å²) in [6, 6.07) is 3.61. The van der Waals surface area contributed by atoms with Gasteiger partial charge in [0.05, 0.1) is 24.9 Å². The number of amides is 1. The molecule has 2 aliphatic rings. The van der Waals surface area contributed by atoms with E-state index in [1.165, 1.54) is 10.7 Å². The van der Waals surface area contributed by atoms with Crippen LogP contribution in [0.1, 0.15) is 35.7 Å². The van der Waals surface area contributed by atoms with Gasteiger partial charge >= 0.3 is 0 Å². The number of anilines is 3. The maximum absolute atomic E-state index is 13.7. The third kappa shape index (κ3) is 4.28. The largest absolute Gasteiger partial charge is 0.379 e. The summed E-state index contributed by atoms with van der Waals surface area (Å²) in [6.07, 6.45) is 3.32. The molecule has 1 aliphatic heterocycles. The smallest absolute Gasteiger partial charge is 0.274 e. The van der Waals surface area contributed by atoms with E-state index in [-0.39, 0.29) is 53.3 Å². The second-order valence-corrected chi connectivity index (χ2v) is 8.86. The minimum atomic E-state index is -2.92. The molecular formula is C23H27F2N7O4. The first-order chi connectivity index (χ1) is 17.3. The van der Waals surface area contributed by atoms with Crippen molar-refractivity contribution in [2.45, 2.75) is 43.4 Å². The van der Waals surface area contributed by atoms with Gasteiger partial charge in [0.15, 0.2) is 5.65 Å². The number of halogens is 2. The van der Waals surface area contributed by atoms with Crippen molar-refractivity contribution in [1.29, 1.82) is 0 Å². The Bertz CT molecular complexity index is 1340. The molecule has 1 saturated heterocycles. The van der Waals surface area contributed by atoms with Gasteiger partial charge in [0.25, 0.3) is 17.4 Å². The van der Waals surface area contributed by atoms with Gasteiger partial charge in [-0.05, 0) is 25.0 Å². The van der Waals surface area contributed by atoms with E-state index in [1.54, 1.807) is 43.1 Å². The molecule has 4 heterocycles. The molecule has 2 fully saturated rings. The van der Waals surface area contributed by atoms with Gasteiger partial charge in [0.2, 0.25) is 0 Å². The van der Waals surface area contributed by atoms with E-state index in [2.05, 4.69) is 26.0 Å². The number of pyridine rings is 1. The monoisotopic (exact) mass is 503 g/mol. The summed E-state index contributed by atoms with van der Waals surface area (Å²) in [5.41, 5.74) is 0.216. The minimum absolute atomic E-state index is 0.0495. The van der Waals surface area contributed by atoms with Crippen LogP contribution < -0.4 is 21.5 Å².